The summed E-state index contributed by atoms with van der Waals surface area (Å²) in [5, 5.41) is 4.85. The van der Waals surface area contributed by atoms with Gasteiger partial charge in [-0.25, -0.2) is 8.78 Å². The van der Waals surface area contributed by atoms with Gasteiger partial charge in [-0.15, -0.1) is 0 Å². The zero-order valence-corrected chi connectivity index (χ0v) is 16.3. The van der Waals surface area contributed by atoms with E-state index in [9.17, 15) is 13.6 Å². The lowest BCUT2D eigenvalue weighted by Crippen LogP contribution is -2.25. The highest BCUT2D eigenvalue weighted by atomic mass is 35.5. The molecule has 0 radical (unpaired) electrons. The molecule has 7 heteroatoms. The first-order chi connectivity index (χ1) is 14.0. The number of carbonyl (C=O) groups excluding carboxylic acids is 1. The van der Waals surface area contributed by atoms with Crippen LogP contribution in [0, 0.1) is 11.6 Å². The maximum atomic E-state index is 13.8. The standard InChI is InChI=1S/C22H19ClF2N2O2/c23-15-7-8-22(29-16-3-1-4-16)14(11-15)13-27-10-9-20(26-27)21(28)12-17-18(24)5-2-6-19(17)25/h2,5-11,16H,1,3-4,12-13H2. The molecular weight excluding hydrogens is 398 g/mol. The van der Waals surface area contributed by atoms with Gasteiger partial charge >= 0.3 is 0 Å². The Balaban J connectivity index is 1.49. The highest BCUT2D eigenvalue weighted by Crippen LogP contribution is 2.30. The molecule has 0 atom stereocenters. The van der Waals surface area contributed by atoms with Crippen molar-refractivity contribution in [1.82, 2.24) is 9.78 Å². The van der Waals surface area contributed by atoms with Gasteiger partial charge in [0.15, 0.2) is 5.78 Å². The predicted octanol–water partition coefficient (Wildman–Crippen LogP) is 5.22. The topological polar surface area (TPSA) is 44.1 Å². The van der Waals surface area contributed by atoms with Gasteiger partial charge < -0.3 is 4.74 Å². The normalized spacial score (nSPS) is 13.9. The Morgan fingerprint density at radius 3 is 2.62 bits per heavy atom. The van der Waals surface area contributed by atoms with Crippen LogP contribution >= 0.6 is 11.6 Å². The second-order valence-electron chi connectivity index (χ2n) is 7.12. The van der Waals surface area contributed by atoms with Crippen LogP contribution in [0.3, 0.4) is 0 Å². The van der Waals surface area contributed by atoms with E-state index in [-0.39, 0.29) is 23.8 Å². The molecule has 1 aliphatic rings. The molecule has 1 fully saturated rings. The molecular formula is C22H19ClF2N2O2. The summed E-state index contributed by atoms with van der Waals surface area (Å²) in [6, 6.07) is 10.5. The molecule has 0 saturated heterocycles. The number of carbonyl (C=O) groups is 1. The number of nitrogens with zero attached hydrogens (tertiary/aromatic N) is 2. The first kappa shape index (κ1) is 19.6. The zero-order chi connectivity index (χ0) is 20.4. The summed E-state index contributed by atoms with van der Waals surface area (Å²) in [4.78, 5) is 12.4. The molecule has 150 valence electrons. The van der Waals surface area contributed by atoms with Gasteiger partial charge in [0.2, 0.25) is 0 Å². The van der Waals surface area contributed by atoms with Crippen LogP contribution in [0.15, 0.2) is 48.7 Å². The molecule has 4 rings (SSSR count). The second kappa shape index (κ2) is 8.33. The van der Waals surface area contributed by atoms with E-state index >= 15 is 0 Å². The van der Waals surface area contributed by atoms with E-state index in [1.807, 2.05) is 12.1 Å². The summed E-state index contributed by atoms with van der Waals surface area (Å²) in [5.41, 5.74) is 0.751. The summed E-state index contributed by atoms with van der Waals surface area (Å²) in [6.07, 6.45) is 4.73. The Morgan fingerprint density at radius 2 is 1.93 bits per heavy atom. The Bertz CT molecular complexity index is 1030. The van der Waals surface area contributed by atoms with E-state index in [2.05, 4.69) is 5.10 Å². The van der Waals surface area contributed by atoms with Gasteiger partial charge in [0.05, 0.1) is 12.6 Å². The summed E-state index contributed by atoms with van der Waals surface area (Å²) in [7, 11) is 0. The van der Waals surface area contributed by atoms with Crippen LogP contribution in [0.2, 0.25) is 5.02 Å². The smallest absolute Gasteiger partial charge is 0.187 e. The van der Waals surface area contributed by atoms with E-state index < -0.39 is 17.4 Å². The molecule has 1 heterocycles. The Labute approximate surface area is 172 Å². The number of rotatable bonds is 7. The van der Waals surface area contributed by atoms with Crippen molar-refractivity contribution in [2.24, 2.45) is 0 Å². The van der Waals surface area contributed by atoms with Gasteiger partial charge in [-0.2, -0.15) is 5.10 Å². The first-order valence-electron chi connectivity index (χ1n) is 9.44. The summed E-state index contributed by atoms with van der Waals surface area (Å²) >= 11 is 6.13. The third-order valence-corrected chi connectivity index (χ3v) is 5.26. The van der Waals surface area contributed by atoms with Crippen LogP contribution in [-0.2, 0) is 13.0 Å². The molecule has 2 aromatic carbocycles. The molecule has 0 N–H and O–H groups in total. The Kier molecular flexibility index (Phi) is 5.62. The van der Waals surface area contributed by atoms with Crippen molar-refractivity contribution in [2.45, 2.75) is 38.3 Å². The van der Waals surface area contributed by atoms with E-state index in [0.29, 0.717) is 11.6 Å². The third kappa shape index (κ3) is 4.48. The predicted molar refractivity (Wildman–Crippen MR) is 105 cm³/mol. The van der Waals surface area contributed by atoms with Crippen LogP contribution in [0.25, 0.3) is 0 Å². The lowest BCUT2D eigenvalue weighted by atomic mass is 9.96. The fraction of sp³-hybridized carbons (Fsp3) is 0.273. The molecule has 1 aromatic heterocycles. The van der Waals surface area contributed by atoms with Gasteiger partial charge in [0.1, 0.15) is 23.1 Å². The van der Waals surface area contributed by atoms with Crippen molar-refractivity contribution in [3.8, 4) is 5.75 Å². The van der Waals surface area contributed by atoms with Crippen molar-refractivity contribution in [2.75, 3.05) is 0 Å². The minimum absolute atomic E-state index is 0.149. The lowest BCUT2D eigenvalue weighted by molar-refractivity contribution is 0.0985. The number of ketones is 1. The Hall–Kier alpha value is -2.73. The fourth-order valence-electron chi connectivity index (χ4n) is 3.18. The van der Waals surface area contributed by atoms with Gasteiger partial charge in [-0.05, 0) is 55.7 Å². The molecule has 0 unspecified atom stereocenters. The maximum Gasteiger partial charge on any atom is 0.187 e. The van der Waals surface area contributed by atoms with E-state index in [0.717, 1.165) is 36.3 Å². The fourth-order valence-corrected chi connectivity index (χ4v) is 3.37. The third-order valence-electron chi connectivity index (χ3n) is 5.03. The molecule has 1 saturated carbocycles. The van der Waals surface area contributed by atoms with Crippen molar-refractivity contribution >= 4 is 17.4 Å². The number of ether oxygens (including phenoxy) is 1. The van der Waals surface area contributed by atoms with Gasteiger partial charge in [-0.3, -0.25) is 9.48 Å². The van der Waals surface area contributed by atoms with Crippen LogP contribution in [-0.4, -0.2) is 21.7 Å². The second-order valence-corrected chi connectivity index (χ2v) is 7.56. The number of hydrogen-bond acceptors (Lipinski definition) is 3. The van der Waals surface area contributed by atoms with E-state index in [1.54, 1.807) is 16.9 Å². The number of hydrogen-bond donors (Lipinski definition) is 0. The quantitative estimate of drug-likeness (QED) is 0.496. The molecule has 4 nitrogen and oxygen atoms in total. The SMILES string of the molecule is O=C(Cc1c(F)cccc1F)c1ccn(Cc2cc(Cl)ccc2OC2CCC2)n1. The highest BCUT2D eigenvalue weighted by molar-refractivity contribution is 6.30. The van der Waals surface area contributed by atoms with E-state index in [4.69, 9.17) is 16.3 Å². The molecule has 0 amide bonds. The molecule has 0 spiro atoms. The van der Waals surface area contributed by atoms with Gasteiger partial charge in [-0.1, -0.05) is 17.7 Å². The van der Waals surface area contributed by atoms with Crippen molar-refractivity contribution in [3.63, 3.8) is 0 Å². The van der Waals surface area contributed by atoms with Crippen LogP contribution in [0.1, 0.15) is 40.9 Å². The number of aromatic nitrogens is 2. The van der Waals surface area contributed by atoms with E-state index in [1.165, 1.54) is 18.6 Å². The van der Waals surface area contributed by atoms with Crippen LogP contribution < -0.4 is 4.74 Å². The lowest BCUT2D eigenvalue weighted by Gasteiger charge is -2.27. The average Bonchev–Trinajstić information content (AvgIpc) is 3.11. The van der Waals surface area contributed by atoms with Gasteiger partial charge in [0, 0.05) is 28.8 Å². The minimum atomic E-state index is -0.741. The summed E-state index contributed by atoms with van der Waals surface area (Å²) in [6.45, 7) is 0.365. The number of halogens is 3. The van der Waals surface area contributed by atoms with Crippen LogP contribution in [0.4, 0.5) is 8.78 Å². The number of benzene rings is 2. The summed E-state index contributed by atoms with van der Waals surface area (Å²) in [5.74, 6) is -1.19. The summed E-state index contributed by atoms with van der Waals surface area (Å²) < 4.78 is 35.2. The molecule has 29 heavy (non-hydrogen) atoms. The average molecular weight is 417 g/mol. The molecule has 0 bridgehead atoms. The Morgan fingerprint density at radius 1 is 1.17 bits per heavy atom. The van der Waals surface area contributed by atoms with Crippen molar-refractivity contribution < 1.29 is 18.3 Å². The maximum absolute atomic E-state index is 13.8. The monoisotopic (exact) mass is 416 g/mol. The van der Waals surface area contributed by atoms with Gasteiger partial charge in [0.25, 0.3) is 0 Å². The molecule has 1 aliphatic carbocycles. The van der Waals surface area contributed by atoms with Crippen LogP contribution in [0.5, 0.6) is 5.75 Å². The van der Waals surface area contributed by atoms with Crippen molar-refractivity contribution in [1.29, 1.82) is 0 Å². The zero-order valence-electron chi connectivity index (χ0n) is 15.6. The molecule has 0 aliphatic heterocycles. The largest absolute Gasteiger partial charge is 0.490 e. The minimum Gasteiger partial charge on any atom is -0.490 e. The highest BCUT2D eigenvalue weighted by Gasteiger charge is 2.21. The molecule has 3 aromatic rings. The first-order valence-corrected chi connectivity index (χ1v) is 9.82. The number of Topliss-reactive ketones (excluding diaryl/α,β-unsaturated/α-hetero) is 1. The van der Waals surface area contributed by atoms with Crippen molar-refractivity contribution in [3.05, 3.63) is 82.1 Å².